The van der Waals surface area contributed by atoms with E-state index in [0.717, 1.165) is 18.0 Å². The molecule has 20 heavy (non-hydrogen) atoms. The van der Waals surface area contributed by atoms with Crippen LogP contribution >= 0.6 is 11.8 Å². The summed E-state index contributed by atoms with van der Waals surface area (Å²) in [6.45, 7) is 1.74. The number of halogens is 3. The highest BCUT2D eigenvalue weighted by Crippen LogP contribution is 2.32. The van der Waals surface area contributed by atoms with Gasteiger partial charge in [0.05, 0.1) is 0 Å². The molecule has 1 aliphatic rings. The summed E-state index contributed by atoms with van der Waals surface area (Å²) in [5.74, 6) is -0.0503. The molecule has 0 saturated carbocycles. The van der Waals surface area contributed by atoms with Crippen LogP contribution in [-0.4, -0.2) is 21.5 Å². The number of hydrogen-bond acceptors (Lipinski definition) is 4. The zero-order valence-corrected chi connectivity index (χ0v) is 11.3. The number of thioether (sulfide) groups is 1. The van der Waals surface area contributed by atoms with Gasteiger partial charge in [-0.15, -0.1) is 11.8 Å². The lowest BCUT2D eigenvalue weighted by atomic mass is 10.2. The summed E-state index contributed by atoms with van der Waals surface area (Å²) in [5, 5.41) is 12.3. The molecule has 1 unspecified atom stereocenters. The van der Waals surface area contributed by atoms with Crippen molar-refractivity contribution in [3.8, 4) is 0 Å². The zero-order chi connectivity index (χ0) is 14.8. The van der Waals surface area contributed by atoms with Crippen molar-refractivity contribution in [1.82, 2.24) is 10.3 Å². The Morgan fingerprint density at radius 3 is 2.85 bits per heavy atom. The van der Waals surface area contributed by atoms with Crippen LogP contribution in [0.25, 0.3) is 0 Å². The van der Waals surface area contributed by atoms with Crippen LogP contribution in [0, 0.1) is 0 Å². The maximum atomic E-state index is 12.8. The first-order valence-corrected chi connectivity index (χ1v) is 6.75. The molecular formula is C12H12F3N3OS. The molecule has 0 saturated heterocycles. The van der Waals surface area contributed by atoms with Crippen LogP contribution in [0.2, 0.25) is 0 Å². The monoisotopic (exact) mass is 303 g/mol. The molecule has 8 heteroatoms. The Balaban J connectivity index is 2.07. The number of rotatable bonds is 3. The fourth-order valence-corrected chi connectivity index (χ4v) is 2.70. The van der Waals surface area contributed by atoms with E-state index in [2.05, 4.69) is 15.3 Å². The minimum atomic E-state index is -4.47. The number of hydrogen-bond donors (Lipinski definition) is 2. The standard InChI is InChI=1S/C12H12F3N3OS/c1-7-5-9(19)18-11(17-7)20-6-8-3-2-4-16-10(8)12(13,14)15/h2-5,11,17H,6H2,1H3,(H,18,19). The van der Waals surface area contributed by atoms with Crippen LogP contribution in [0.4, 0.5) is 13.2 Å². The highest BCUT2D eigenvalue weighted by Gasteiger charge is 2.35. The van der Waals surface area contributed by atoms with Gasteiger partial charge in [0.15, 0.2) is 5.50 Å². The quantitative estimate of drug-likeness (QED) is 0.901. The largest absolute Gasteiger partial charge is 0.493 e. The van der Waals surface area contributed by atoms with Crippen molar-refractivity contribution in [1.29, 1.82) is 0 Å². The van der Waals surface area contributed by atoms with Gasteiger partial charge in [-0.1, -0.05) is 6.07 Å². The Bertz CT molecular complexity index is 557. The minimum Gasteiger partial charge on any atom is -0.493 e. The maximum Gasteiger partial charge on any atom is 0.433 e. The summed E-state index contributed by atoms with van der Waals surface area (Å²) >= 11 is 1.15. The van der Waals surface area contributed by atoms with E-state index in [1.807, 2.05) is 0 Å². The first-order valence-electron chi connectivity index (χ1n) is 5.70. The van der Waals surface area contributed by atoms with Crippen LogP contribution in [0.15, 0.2) is 35.1 Å². The molecule has 4 nitrogen and oxygen atoms in total. The highest BCUT2D eigenvalue weighted by atomic mass is 32.2. The summed E-state index contributed by atoms with van der Waals surface area (Å²) in [6.07, 6.45) is -1.91. The molecule has 0 spiro atoms. The molecule has 0 fully saturated rings. The predicted molar refractivity (Wildman–Crippen MR) is 71.3 cm³/mol. The summed E-state index contributed by atoms with van der Waals surface area (Å²) in [4.78, 5) is 7.27. The zero-order valence-electron chi connectivity index (χ0n) is 10.5. The third kappa shape index (κ3) is 3.66. The molecule has 2 N–H and O–H groups in total. The number of aromatic nitrogens is 1. The van der Waals surface area contributed by atoms with Gasteiger partial charge >= 0.3 is 6.18 Å². The van der Waals surface area contributed by atoms with Gasteiger partial charge in [-0.3, -0.25) is 4.98 Å². The lowest BCUT2D eigenvalue weighted by Gasteiger charge is -2.20. The van der Waals surface area contributed by atoms with Crippen LogP contribution in [-0.2, 0) is 11.9 Å². The van der Waals surface area contributed by atoms with Crippen LogP contribution in [0.1, 0.15) is 18.2 Å². The van der Waals surface area contributed by atoms with Crippen molar-refractivity contribution in [2.45, 2.75) is 24.4 Å². The minimum absolute atomic E-state index is 0.0877. The van der Waals surface area contributed by atoms with Crippen molar-refractivity contribution in [2.75, 3.05) is 0 Å². The summed E-state index contributed by atoms with van der Waals surface area (Å²) in [7, 11) is 0. The fraction of sp³-hybridized carbons (Fsp3) is 0.333. The van der Waals surface area contributed by atoms with Crippen molar-refractivity contribution < 1.29 is 18.3 Å². The molecule has 0 radical (unpaired) electrons. The van der Waals surface area contributed by atoms with Gasteiger partial charge in [-0.25, -0.2) is 4.99 Å². The summed E-state index contributed by atoms with van der Waals surface area (Å²) in [5.41, 5.74) is -0.601. The van der Waals surface area contributed by atoms with E-state index in [1.54, 1.807) is 6.92 Å². The SMILES string of the molecule is CC1=CC(O)=NC(SCc2cccnc2C(F)(F)F)N1. The van der Waals surface area contributed by atoms with Gasteiger partial charge in [0.2, 0.25) is 5.90 Å². The second-order valence-corrected chi connectivity index (χ2v) is 5.20. The second-order valence-electron chi connectivity index (χ2n) is 4.13. The van der Waals surface area contributed by atoms with E-state index in [9.17, 15) is 18.3 Å². The molecule has 0 aromatic carbocycles. The van der Waals surface area contributed by atoms with Crippen molar-refractivity contribution in [2.24, 2.45) is 4.99 Å². The molecule has 0 aliphatic carbocycles. The molecule has 108 valence electrons. The molecule has 1 aromatic rings. The molecular weight excluding hydrogens is 291 g/mol. The van der Waals surface area contributed by atoms with Gasteiger partial charge in [0, 0.05) is 23.7 Å². The third-order valence-electron chi connectivity index (χ3n) is 2.50. The van der Waals surface area contributed by atoms with E-state index >= 15 is 0 Å². The number of pyridine rings is 1. The number of aliphatic hydroxyl groups excluding tert-OH is 1. The normalized spacial score (nSPS) is 19.1. The Morgan fingerprint density at radius 1 is 1.45 bits per heavy atom. The molecule has 0 amide bonds. The van der Waals surface area contributed by atoms with Gasteiger partial charge < -0.3 is 10.4 Å². The third-order valence-corrected chi connectivity index (χ3v) is 3.52. The van der Waals surface area contributed by atoms with Crippen molar-refractivity contribution in [3.63, 3.8) is 0 Å². The molecule has 0 bridgehead atoms. The Kier molecular flexibility index (Phi) is 4.22. The Labute approximate surface area is 117 Å². The number of nitrogens with one attached hydrogen (secondary N) is 1. The van der Waals surface area contributed by atoms with Crippen molar-refractivity contribution >= 4 is 17.7 Å². The van der Waals surface area contributed by atoms with E-state index in [-0.39, 0.29) is 17.2 Å². The van der Waals surface area contributed by atoms with Gasteiger partial charge in [0.1, 0.15) is 5.69 Å². The molecule has 2 heterocycles. The maximum absolute atomic E-state index is 12.8. The first kappa shape index (κ1) is 14.7. The lowest BCUT2D eigenvalue weighted by Crippen LogP contribution is -2.28. The van der Waals surface area contributed by atoms with E-state index in [1.165, 1.54) is 18.2 Å². The smallest absolute Gasteiger partial charge is 0.433 e. The number of nitrogens with zero attached hydrogens (tertiary/aromatic N) is 2. The van der Waals surface area contributed by atoms with Gasteiger partial charge in [-0.2, -0.15) is 13.2 Å². The number of alkyl halides is 3. The predicted octanol–water partition coefficient (Wildman–Crippen LogP) is 3.08. The highest BCUT2D eigenvalue weighted by molar-refractivity contribution is 7.99. The van der Waals surface area contributed by atoms with Crippen molar-refractivity contribution in [3.05, 3.63) is 41.4 Å². The van der Waals surface area contributed by atoms with Crippen LogP contribution < -0.4 is 5.32 Å². The molecule has 1 aliphatic heterocycles. The second kappa shape index (κ2) is 5.74. The van der Waals surface area contributed by atoms with Gasteiger partial charge in [-0.05, 0) is 18.6 Å². The fourth-order valence-electron chi connectivity index (χ4n) is 1.68. The van der Waals surface area contributed by atoms with Crippen LogP contribution in [0.3, 0.4) is 0 Å². The average molecular weight is 303 g/mol. The Hall–Kier alpha value is -1.70. The number of aliphatic imine (C=N–C) groups is 1. The Morgan fingerprint density at radius 2 is 2.20 bits per heavy atom. The average Bonchev–Trinajstić information content (AvgIpc) is 2.34. The van der Waals surface area contributed by atoms with E-state index < -0.39 is 17.4 Å². The van der Waals surface area contributed by atoms with Gasteiger partial charge in [0.25, 0.3) is 0 Å². The van der Waals surface area contributed by atoms with E-state index in [0.29, 0.717) is 5.70 Å². The van der Waals surface area contributed by atoms with E-state index in [4.69, 9.17) is 0 Å². The summed E-state index contributed by atoms with van der Waals surface area (Å²) < 4.78 is 38.3. The molecule has 2 rings (SSSR count). The number of aliphatic hydroxyl groups is 1. The molecule has 1 aromatic heterocycles. The summed E-state index contributed by atoms with van der Waals surface area (Å²) in [6, 6.07) is 2.85. The topological polar surface area (TPSA) is 57.5 Å². The first-order chi connectivity index (χ1) is 9.36. The van der Waals surface area contributed by atoms with Crippen LogP contribution in [0.5, 0.6) is 0 Å². The number of allylic oxidation sites excluding steroid dienone is 1. The lowest BCUT2D eigenvalue weighted by molar-refractivity contribution is -0.141. The molecule has 1 atom stereocenters.